The third kappa shape index (κ3) is 4.25. The third-order valence-electron chi connectivity index (χ3n) is 6.06. The summed E-state index contributed by atoms with van der Waals surface area (Å²) in [6.45, 7) is 0.670. The van der Waals surface area contributed by atoms with E-state index in [1.807, 2.05) is 37.5 Å². The Morgan fingerprint density at radius 1 is 1.24 bits per heavy atom. The monoisotopic (exact) mass is 461 g/mol. The summed E-state index contributed by atoms with van der Waals surface area (Å²) in [7, 11) is 1.81. The molecule has 1 aromatic carbocycles. The highest BCUT2D eigenvalue weighted by Crippen LogP contribution is 2.35. The zero-order chi connectivity index (χ0) is 23.7. The summed E-state index contributed by atoms with van der Waals surface area (Å²) in [5.74, 6) is 0.436. The zero-order valence-electron chi connectivity index (χ0n) is 18.6. The van der Waals surface area contributed by atoms with Crippen molar-refractivity contribution in [2.75, 3.05) is 13.1 Å². The van der Waals surface area contributed by atoms with Gasteiger partial charge in [0.05, 0.1) is 12.4 Å². The van der Waals surface area contributed by atoms with E-state index in [0.29, 0.717) is 24.5 Å². The Balaban J connectivity index is 1.39. The van der Waals surface area contributed by atoms with Gasteiger partial charge >= 0.3 is 0 Å². The van der Waals surface area contributed by atoms with Crippen LogP contribution in [0.1, 0.15) is 23.2 Å². The van der Waals surface area contributed by atoms with Gasteiger partial charge in [-0.3, -0.25) is 9.48 Å². The number of hydrogen-bond acceptors (Lipinski definition) is 7. The number of aliphatic hydroxyl groups is 1. The van der Waals surface area contributed by atoms with E-state index in [-0.39, 0.29) is 24.0 Å². The molecule has 2 atom stereocenters. The van der Waals surface area contributed by atoms with Gasteiger partial charge in [0.25, 0.3) is 0 Å². The number of hydrogen-bond donors (Lipinski definition) is 2. The molecule has 34 heavy (non-hydrogen) atoms. The molecule has 10 heteroatoms. The fourth-order valence-electron chi connectivity index (χ4n) is 4.12. The van der Waals surface area contributed by atoms with Crippen molar-refractivity contribution in [3.05, 3.63) is 88.4 Å². The van der Waals surface area contributed by atoms with Crippen LogP contribution in [-0.2, 0) is 19.1 Å². The number of alkyl halides is 1. The minimum atomic E-state index is -1.86. The Labute approximate surface area is 194 Å². The van der Waals surface area contributed by atoms with E-state index < -0.39 is 11.8 Å². The standard InChI is InChI=1S/C24H24FN7O2/c1-31-15-19(13-29-31)32-8-5-21(33)20(30-32)10-16-3-2-4-17(9-16)23-27-11-18(12-28-23)24(25)6-7-26-14-22(24)34/h2-5,8-9,11-13,15,22,26,34H,6-7,10,14H2,1H3. The maximum atomic E-state index is 15.3. The molecule has 1 fully saturated rings. The molecule has 1 aliphatic rings. The van der Waals surface area contributed by atoms with Gasteiger partial charge in [-0.1, -0.05) is 18.2 Å². The van der Waals surface area contributed by atoms with E-state index in [9.17, 15) is 9.90 Å². The SMILES string of the molecule is Cn1cc(-n2ccc(=O)c(Cc3cccc(-c4ncc(C5(F)CCNCC5O)cn4)c3)n2)cn1. The molecule has 0 saturated carbocycles. The molecule has 1 saturated heterocycles. The Morgan fingerprint density at radius 3 is 2.79 bits per heavy atom. The van der Waals surface area contributed by atoms with Crippen LogP contribution in [0.4, 0.5) is 4.39 Å². The molecule has 0 bridgehead atoms. The quantitative estimate of drug-likeness (QED) is 0.464. The molecule has 5 rings (SSSR count). The lowest BCUT2D eigenvalue weighted by atomic mass is 9.86. The molecule has 2 N–H and O–H groups in total. The molecule has 0 aliphatic carbocycles. The van der Waals surface area contributed by atoms with E-state index >= 15 is 4.39 Å². The zero-order valence-corrected chi connectivity index (χ0v) is 18.6. The lowest BCUT2D eigenvalue weighted by molar-refractivity contribution is -0.0349. The Kier molecular flexibility index (Phi) is 5.76. The first-order valence-corrected chi connectivity index (χ1v) is 11.0. The van der Waals surface area contributed by atoms with E-state index in [1.165, 1.54) is 18.5 Å². The van der Waals surface area contributed by atoms with Crippen molar-refractivity contribution in [3.8, 4) is 17.1 Å². The van der Waals surface area contributed by atoms with Gasteiger partial charge in [0, 0.05) is 62.2 Å². The van der Waals surface area contributed by atoms with E-state index in [2.05, 4.69) is 25.5 Å². The summed E-state index contributed by atoms with van der Waals surface area (Å²) in [6, 6.07) is 9.00. The number of rotatable bonds is 5. The van der Waals surface area contributed by atoms with Crippen LogP contribution in [0.15, 0.2) is 66.1 Å². The molecule has 9 nitrogen and oxygen atoms in total. The van der Waals surface area contributed by atoms with Crippen LogP contribution in [0.2, 0.25) is 0 Å². The third-order valence-corrected chi connectivity index (χ3v) is 6.06. The molecule has 2 unspecified atom stereocenters. The number of piperidine rings is 1. The lowest BCUT2D eigenvalue weighted by Gasteiger charge is -2.34. The summed E-state index contributed by atoms with van der Waals surface area (Å²) in [5, 5.41) is 21.7. The molecule has 0 amide bonds. The Bertz CT molecular complexity index is 1370. The lowest BCUT2D eigenvalue weighted by Crippen LogP contribution is -2.49. The van der Waals surface area contributed by atoms with Gasteiger partial charge in [-0.05, 0) is 18.2 Å². The fraction of sp³-hybridized carbons (Fsp3) is 0.292. The van der Waals surface area contributed by atoms with Gasteiger partial charge in [0.1, 0.15) is 17.5 Å². The first-order valence-electron chi connectivity index (χ1n) is 11.0. The maximum absolute atomic E-state index is 15.3. The summed E-state index contributed by atoms with van der Waals surface area (Å²) < 4.78 is 18.6. The summed E-state index contributed by atoms with van der Waals surface area (Å²) >= 11 is 0. The van der Waals surface area contributed by atoms with Crippen molar-refractivity contribution in [2.45, 2.75) is 24.6 Å². The van der Waals surface area contributed by atoms with Gasteiger partial charge < -0.3 is 10.4 Å². The van der Waals surface area contributed by atoms with Crippen LogP contribution in [0.25, 0.3) is 17.1 Å². The molecule has 3 aromatic heterocycles. The van der Waals surface area contributed by atoms with Crippen molar-refractivity contribution < 1.29 is 9.50 Å². The minimum Gasteiger partial charge on any atom is -0.388 e. The maximum Gasteiger partial charge on any atom is 0.203 e. The second-order valence-corrected chi connectivity index (χ2v) is 8.45. The van der Waals surface area contributed by atoms with Gasteiger partial charge in [-0.25, -0.2) is 19.0 Å². The summed E-state index contributed by atoms with van der Waals surface area (Å²) in [4.78, 5) is 21.1. The van der Waals surface area contributed by atoms with Crippen LogP contribution in [-0.4, -0.2) is 53.8 Å². The topological polar surface area (TPSA) is 111 Å². The Hall–Kier alpha value is -3.76. The van der Waals surface area contributed by atoms with E-state index in [0.717, 1.165) is 16.8 Å². The second kappa shape index (κ2) is 8.88. The van der Waals surface area contributed by atoms with Gasteiger partial charge in [-0.15, -0.1) is 0 Å². The normalized spacial score (nSPS) is 20.4. The van der Waals surface area contributed by atoms with Gasteiger partial charge in [0.15, 0.2) is 11.5 Å². The number of aromatic nitrogens is 6. The fourth-order valence-corrected chi connectivity index (χ4v) is 4.12. The van der Waals surface area contributed by atoms with Crippen LogP contribution >= 0.6 is 0 Å². The van der Waals surface area contributed by atoms with E-state index in [4.69, 9.17) is 0 Å². The number of benzene rings is 1. The first-order chi connectivity index (χ1) is 16.4. The number of aryl methyl sites for hydroxylation is 1. The average Bonchev–Trinajstić information content (AvgIpc) is 3.29. The molecule has 0 spiro atoms. The van der Waals surface area contributed by atoms with Crippen molar-refractivity contribution in [1.29, 1.82) is 0 Å². The van der Waals surface area contributed by atoms with Crippen molar-refractivity contribution in [2.24, 2.45) is 7.05 Å². The predicted molar refractivity (Wildman–Crippen MR) is 123 cm³/mol. The minimum absolute atomic E-state index is 0.153. The van der Waals surface area contributed by atoms with Crippen LogP contribution < -0.4 is 10.7 Å². The molecule has 0 radical (unpaired) electrons. The van der Waals surface area contributed by atoms with Crippen molar-refractivity contribution in [1.82, 2.24) is 34.8 Å². The molecule has 4 heterocycles. The molecular weight excluding hydrogens is 437 g/mol. The van der Waals surface area contributed by atoms with E-state index in [1.54, 1.807) is 21.8 Å². The second-order valence-electron chi connectivity index (χ2n) is 8.45. The highest BCUT2D eigenvalue weighted by Gasteiger charge is 2.42. The van der Waals surface area contributed by atoms with Gasteiger partial charge in [0.2, 0.25) is 5.43 Å². The average molecular weight is 462 g/mol. The summed E-state index contributed by atoms with van der Waals surface area (Å²) in [6.07, 6.45) is 7.33. The van der Waals surface area contributed by atoms with Crippen LogP contribution in [0, 0.1) is 0 Å². The smallest absolute Gasteiger partial charge is 0.203 e. The first kappa shape index (κ1) is 22.1. The molecule has 1 aliphatic heterocycles. The van der Waals surface area contributed by atoms with Crippen LogP contribution in [0.3, 0.4) is 0 Å². The predicted octanol–water partition coefficient (Wildman–Crippen LogP) is 1.53. The van der Waals surface area contributed by atoms with Crippen molar-refractivity contribution >= 4 is 0 Å². The number of halogens is 1. The number of aliphatic hydroxyl groups excluding tert-OH is 1. The molecular formula is C24H24FN7O2. The highest BCUT2D eigenvalue weighted by atomic mass is 19.1. The number of nitrogens with one attached hydrogen (secondary N) is 1. The van der Waals surface area contributed by atoms with Crippen molar-refractivity contribution in [3.63, 3.8) is 0 Å². The van der Waals surface area contributed by atoms with Gasteiger partial charge in [-0.2, -0.15) is 10.2 Å². The summed E-state index contributed by atoms with van der Waals surface area (Å²) in [5.41, 5.74) is 1.03. The molecule has 4 aromatic rings. The highest BCUT2D eigenvalue weighted by molar-refractivity contribution is 5.56. The molecule has 174 valence electrons. The largest absolute Gasteiger partial charge is 0.388 e. The van der Waals surface area contributed by atoms with Crippen LogP contribution in [0.5, 0.6) is 0 Å². The Morgan fingerprint density at radius 2 is 2.06 bits per heavy atom. The number of β-amino-alcohol motifs (C(OH)–C–C–N with tert-alkyl or cyclic N) is 1. The number of nitrogens with zero attached hydrogens (tertiary/aromatic N) is 6.